The lowest BCUT2D eigenvalue weighted by Crippen LogP contribution is -3.09. The highest BCUT2D eigenvalue weighted by atomic mass is 16.5. The predicted octanol–water partition coefficient (Wildman–Crippen LogP) is -2.21. The molecule has 0 saturated heterocycles. The number of hydroxylamine groups is 4. The van der Waals surface area contributed by atoms with Crippen molar-refractivity contribution in [1.29, 1.82) is 0 Å². The molecule has 3 unspecified atom stereocenters. The Balaban J connectivity index is 3.30. The zero-order valence-electron chi connectivity index (χ0n) is 6.81. The maximum Gasteiger partial charge on any atom is 0.0895 e. The average molecular weight is 148 g/mol. The molecule has 2 N–H and O–H groups in total. The average Bonchev–Trinajstić information content (AvgIpc) is 1.82. The Bertz CT molecular complexity index is 85.8. The van der Waals surface area contributed by atoms with E-state index in [4.69, 9.17) is 0 Å². The van der Waals surface area contributed by atoms with Crippen molar-refractivity contribution in [1.82, 2.24) is 0 Å². The van der Waals surface area contributed by atoms with E-state index in [2.05, 4.69) is 0 Å². The van der Waals surface area contributed by atoms with Gasteiger partial charge in [0.25, 0.3) is 0 Å². The van der Waals surface area contributed by atoms with Gasteiger partial charge in [0.15, 0.2) is 0 Å². The van der Waals surface area contributed by atoms with Crippen LogP contribution in [0.4, 0.5) is 0 Å². The maximum absolute atomic E-state index is 10.6. The Labute approximate surface area is 61.6 Å². The van der Waals surface area contributed by atoms with Gasteiger partial charge in [-0.3, -0.25) is 0 Å². The Morgan fingerprint density at radius 3 is 2.10 bits per heavy atom. The molecule has 10 heavy (non-hydrogen) atoms. The van der Waals surface area contributed by atoms with Crippen LogP contribution in [0.3, 0.4) is 0 Å². The molecule has 0 heterocycles. The van der Waals surface area contributed by atoms with Crippen molar-refractivity contribution in [3.05, 3.63) is 10.4 Å². The fraction of sp³-hybridized carbons (Fsp3) is 1.00. The summed E-state index contributed by atoms with van der Waals surface area (Å²) < 4.78 is 0. The van der Waals surface area contributed by atoms with Crippen molar-refractivity contribution >= 4 is 0 Å². The molecule has 0 saturated carbocycles. The van der Waals surface area contributed by atoms with Gasteiger partial charge in [-0.2, -0.15) is 0 Å². The summed E-state index contributed by atoms with van der Waals surface area (Å²) in [6.07, 6.45) is 0.699. The number of hydrogen-bond donors (Lipinski definition) is 2. The van der Waals surface area contributed by atoms with Crippen molar-refractivity contribution in [3.8, 4) is 0 Å². The van der Waals surface area contributed by atoms with Gasteiger partial charge in [-0.1, -0.05) is 0 Å². The zero-order chi connectivity index (χ0) is 8.15. The molecule has 0 amide bonds. The molecule has 0 aliphatic carbocycles. The first-order chi connectivity index (χ1) is 4.54. The van der Waals surface area contributed by atoms with Gasteiger partial charge in [0.05, 0.1) is 26.7 Å². The van der Waals surface area contributed by atoms with Crippen LogP contribution in [0.1, 0.15) is 13.3 Å². The third-order valence-corrected chi connectivity index (χ3v) is 1.62. The van der Waals surface area contributed by atoms with Crippen LogP contribution in [-0.4, -0.2) is 26.7 Å². The summed E-state index contributed by atoms with van der Waals surface area (Å²) in [7, 11) is 3.11. The summed E-state index contributed by atoms with van der Waals surface area (Å²) in [6.45, 7) is 2.38. The second kappa shape index (κ2) is 4.62. The van der Waals surface area contributed by atoms with Gasteiger partial charge in [-0.25, -0.2) is 0 Å². The van der Waals surface area contributed by atoms with Crippen molar-refractivity contribution in [3.63, 3.8) is 0 Å². The first kappa shape index (κ1) is 9.84. The highest BCUT2D eigenvalue weighted by Crippen LogP contribution is 1.78. The second-order valence-corrected chi connectivity index (χ2v) is 2.75. The predicted molar refractivity (Wildman–Crippen MR) is 39.5 cm³/mol. The highest BCUT2D eigenvalue weighted by Gasteiger charge is 2.05. The van der Waals surface area contributed by atoms with Crippen LogP contribution in [0.5, 0.6) is 0 Å². The lowest BCUT2D eigenvalue weighted by Gasteiger charge is -2.25. The van der Waals surface area contributed by atoms with Gasteiger partial charge in [0, 0.05) is 6.42 Å². The van der Waals surface area contributed by atoms with Gasteiger partial charge in [-0.15, -0.1) is 0 Å². The topological polar surface area (TPSA) is 55.0 Å². The summed E-state index contributed by atoms with van der Waals surface area (Å²) >= 11 is 0. The van der Waals surface area contributed by atoms with E-state index in [0.29, 0.717) is 13.0 Å². The number of nitrogens with one attached hydrogen (secondary N) is 2. The van der Waals surface area contributed by atoms with Gasteiger partial charge in [-0.05, 0) is 6.92 Å². The molecule has 3 atom stereocenters. The first-order valence-electron chi connectivity index (χ1n) is 3.54. The molecule has 0 fully saturated rings. The van der Waals surface area contributed by atoms with Gasteiger partial charge in [0.1, 0.15) is 0 Å². The third-order valence-electron chi connectivity index (χ3n) is 1.62. The lowest BCUT2D eigenvalue weighted by atomic mass is 10.2. The van der Waals surface area contributed by atoms with Crippen LogP contribution in [-0.2, 0) is 0 Å². The fourth-order valence-corrected chi connectivity index (χ4v) is 0.623. The smallest absolute Gasteiger partial charge is 0.0895 e. The Kier molecular flexibility index (Phi) is 4.55. The molecule has 4 heteroatoms. The van der Waals surface area contributed by atoms with E-state index < -0.39 is 0 Å². The van der Waals surface area contributed by atoms with E-state index in [1.54, 1.807) is 14.1 Å². The van der Waals surface area contributed by atoms with E-state index in [1.807, 2.05) is 6.92 Å². The number of quaternary nitrogens is 2. The van der Waals surface area contributed by atoms with Crippen LogP contribution in [0.25, 0.3) is 0 Å². The summed E-state index contributed by atoms with van der Waals surface area (Å²) in [4.78, 5) is 0. The van der Waals surface area contributed by atoms with Crippen LogP contribution >= 0.6 is 0 Å². The van der Waals surface area contributed by atoms with Crippen LogP contribution in [0.2, 0.25) is 0 Å². The van der Waals surface area contributed by atoms with Crippen molar-refractivity contribution in [2.24, 2.45) is 0 Å². The quantitative estimate of drug-likeness (QED) is 0.444. The van der Waals surface area contributed by atoms with Crippen molar-refractivity contribution in [2.75, 3.05) is 20.6 Å². The van der Waals surface area contributed by atoms with E-state index in [-0.39, 0.29) is 16.2 Å². The zero-order valence-corrected chi connectivity index (χ0v) is 6.81. The molecule has 62 valence electrons. The summed E-state index contributed by atoms with van der Waals surface area (Å²) in [5.74, 6) is 0. The molecule has 0 aliphatic rings. The van der Waals surface area contributed by atoms with Gasteiger partial charge >= 0.3 is 0 Å². The SMILES string of the molecule is CC(CC[NH+](C)[O-])[NH+](C)[O-]. The lowest BCUT2D eigenvalue weighted by molar-refractivity contribution is -0.866. The summed E-state index contributed by atoms with van der Waals surface area (Å²) in [5, 5.41) is 21.4. The number of hydrogen-bond acceptors (Lipinski definition) is 2. The second-order valence-electron chi connectivity index (χ2n) is 2.75. The van der Waals surface area contributed by atoms with Crippen molar-refractivity contribution < 1.29 is 10.1 Å². The van der Waals surface area contributed by atoms with E-state index in [1.165, 1.54) is 0 Å². The molecule has 0 spiro atoms. The largest absolute Gasteiger partial charge is 0.634 e. The normalized spacial score (nSPS) is 20.1. The van der Waals surface area contributed by atoms with E-state index in [9.17, 15) is 10.4 Å². The molecule has 0 aromatic carbocycles. The molecular formula is C6H16N2O2. The summed E-state index contributed by atoms with van der Waals surface area (Å²) in [6, 6.07) is 0.0453. The molecule has 0 bridgehead atoms. The minimum atomic E-state index is 0.0453. The fourth-order valence-electron chi connectivity index (χ4n) is 0.623. The highest BCUT2D eigenvalue weighted by molar-refractivity contribution is 4.44. The maximum atomic E-state index is 10.6. The Hall–Kier alpha value is -0.160. The third kappa shape index (κ3) is 4.69. The molecule has 0 aliphatic heterocycles. The Morgan fingerprint density at radius 2 is 1.80 bits per heavy atom. The standard InChI is InChI=1S/C6H16N2O2/c1-6(8(3)10)4-5-7(2)9/h6-8H,4-5H2,1-3H3. The first-order valence-corrected chi connectivity index (χ1v) is 3.54. The number of rotatable bonds is 4. The molecule has 4 nitrogen and oxygen atoms in total. The molecule has 0 aromatic heterocycles. The monoisotopic (exact) mass is 148 g/mol. The Morgan fingerprint density at radius 1 is 1.30 bits per heavy atom. The van der Waals surface area contributed by atoms with E-state index in [0.717, 1.165) is 0 Å². The van der Waals surface area contributed by atoms with E-state index >= 15 is 0 Å². The van der Waals surface area contributed by atoms with Gasteiger partial charge < -0.3 is 20.5 Å². The minimum Gasteiger partial charge on any atom is -0.634 e. The minimum absolute atomic E-state index is 0.0453. The van der Waals surface area contributed by atoms with Crippen LogP contribution in [0, 0.1) is 10.4 Å². The summed E-state index contributed by atoms with van der Waals surface area (Å²) in [5.41, 5.74) is 0. The molecule has 0 aromatic rings. The molecule has 0 radical (unpaired) electrons. The van der Waals surface area contributed by atoms with Crippen molar-refractivity contribution in [2.45, 2.75) is 19.4 Å². The molecular weight excluding hydrogens is 132 g/mol. The molecule has 0 rings (SSSR count). The van der Waals surface area contributed by atoms with Gasteiger partial charge in [0.2, 0.25) is 0 Å². The van der Waals surface area contributed by atoms with Crippen LogP contribution in [0.15, 0.2) is 0 Å². The van der Waals surface area contributed by atoms with Crippen LogP contribution < -0.4 is 10.1 Å².